The van der Waals surface area contributed by atoms with Crippen LogP contribution in [0.2, 0.25) is 0 Å². The van der Waals surface area contributed by atoms with E-state index in [1.807, 2.05) is 18.3 Å². The molecule has 1 saturated heterocycles. The zero-order valence-corrected chi connectivity index (χ0v) is 13.4. The van der Waals surface area contributed by atoms with Crippen LogP contribution >= 0.6 is 11.3 Å². The van der Waals surface area contributed by atoms with Crippen LogP contribution in [0.1, 0.15) is 30.6 Å². The predicted octanol–water partition coefficient (Wildman–Crippen LogP) is 3.18. The van der Waals surface area contributed by atoms with Gasteiger partial charge in [0.1, 0.15) is 0 Å². The molecular formula is C16H20N2O3S. The van der Waals surface area contributed by atoms with Crippen LogP contribution in [0.25, 0.3) is 10.8 Å². The predicted molar refractivity (Wildman–Crippen MR) is 83.5 cm³/mol. The zero-order chi connectivity index (χ0) is 15.0. The fourth-order valence-corrected chi connectivity index (χ4v) is 4.62. The first-order valence-electron chi connectivity index (χ1n) is 7.70. The van der Waals surface area contributed by atoms with Gasteiger partial charge < -0.3 is 19.2 Å². The first-order valence-corrected chi connectivity index (χ1v) is 8.51. The highest BCUT2D eigenvalue weighted by Crippen LogP contribution is 2.49. The Balaban J connectivity index is 1.49. The van der Waals surface area contributed by atoms with E-state index in [2.05, 4.69) is 10.3 Å². The number of nitrogens with one attached hydrogen (secondary N) is 1. The van der Waals surface area contributed by atoms with Crippen molar-refractivity contribution in [1.82, 2.24) is 10.3 Å². The molecule has 5 nitrogen and oxygen atoms in total. The molecule has 1 saturated carbocycles. The zero-order valence-electron chi connectivity index (χ0n) is 12.6. The molecule has 118 valence electrons. The minimum atomic E-state index is -0.443. The Kier molecular flexibility index (Phi) is 3.57. The Morgan fingerprint density at radius 1 is 1.41 bits per heavy atom. The van der Waals surface area contributed by atoms with E-state index in [9.17, 15) is 0 Å². The van der Waals surface area contributed by atoms with Crippen LogP contribution in [0, 0.1) is 0 Å². The summed E-state index contributed by atoms with van der Waals surface area (Å²) in [4.78, 5) is 5.65. The minimum Gasteiger partial charge on any atom is -0.462 e. The van der Waals surface area contributed by atoms with E-state index >= 15 is 0 Å². The third-order valence-corrected chi connectivity index (χ3v) is 5.93. The molecule has 0 unspecified atom stereocenters. The average molecular weight is 320 g/mol. The highest BCUT2D eigenvalue weighted by atomic mass is 32.1. The van der Waals surface area contributed by atoms with Gasteiger partial charge >= 0.3 is 0 Å². The summed E-state index contributed by atoms with van der Waals surface area (Å²) in [6, 6.07) is 3.82. The van der Waals surface area contributed by atoms with Crippen LogP contribution in [0.5, 0.6) is 0 Å². The Morgan fingerprint density at radius 2 is 2.36 bits per heavy atom. The van der Waals surface area contributed by atoms with Crippen molar-refractivity contribution in [3.8, 4) is 10.8 Å². The molecule has 2 fully saturated rings. The normalized spacial score (nSPS) is 30.8. The number of aromatic nitrogens is 1. The molecule has 1 aliphatic carbocycles. The Labute approximate surface area is 133 Å². The summed E-state index contributed by atoms with van der Waals surface area (Å²) >= 11 is 1.66. The number of hydrogen-bond acceptors (Lipinski definition) is 6. The molecule has 1 N–H and O–H groups in total. The molecule has 6 heteroatoms. The summed E-state index contributed by atoms with van der Waals surface area (Å²) in [6.07, 6.45) is 7.81. The molecule has 0 amide bonds. The SMILES string of the molecule is CO[C@]12CCC[C@@]1(NCc1cnc(-c3ccco3)s1)CCO2. The largest absolute Gasteiger partial charge is 0.462 e. The lowest BCUT2D eigenvalue weighted by Crippen LogP contribution is -2.57. The van der Waals surface area contributed by atoms with Gasteiger partial charge in [-0.1, -0.05) is 0 Å². The van der Waals surface area contributed by atoms with E-state index in [0.29, 0.717) is 0 Å². The molecule has 2 aromatic rings. The van der Waals surface area contributed by atoms with Gasteiger partial charge in [-0.25, -0.2) is 4.98 Å². The highest BCUT2D eigenvalue weighted by molar-refractivity contribution is 7.14. The van der Waals surface area contributed by atoms with Gasteiger partial charge in [0.05, 0.1) is 18.4 Å². The number of hydrogen-bond donors (Lipinski definition) is 1. The maximum Gasteiger partial charge on any atom is 0.186 e. The van der Waals surface area contributed by atoms with E-state index in [-0.39, 0.29) is 5.54 Å². The second kappa shape index (κ2) is 5.45. The van der Waals surface area contributed by atoms with E-state index < -0.39 is 5.79 Å². The molecule has 0 radical (unpaired) electrons. The van der Waals surface area contributed by atoms with Crippen molar-refractivity contribution in [3.05, 3.63) is 29.5 Å². The second-order valence-corrected chi connectivity index (χ2v) is 7.07. The van der Waals surface area contributed by atoms with Crippen LogP contribution in [-0.4, -0.2) is 30.0 Å². The van der Waals surface area contributed by atoms with Crippen LogP contribution in [0.3, 0.4) is 0 Å². The van der Waals surface area contributed by atoms with Gasteiger partial charge in [0, 0.05) is 31.1 Å². The van der Waals surface area contributed by atoms with Crippen molar-refractivity contribution < 1.29 is 13.9 Å². The van der Waals surface area contributed by atoms with Crippen molar-refractivity contribution >= 4 is 11.3 Å². The topological polar surface area (TPSA) is 56.5 Å². The molecule has 2 aromatic heterocycles. The number of thiazole rings is 1. The van der Waals surface area contributed by atoms with Gasteiger partial charge in [-0.2, -0.15) is 0 Å². The molecule has 0 spiro atoms. The number of furan rings is 1. The Hall–Kier alpha value is -1.21. The lowest BCUT2D eigenvalue weighted by atomic mass is 9.90. The first-order chi connectivity index (χ1) is 10.8. The lowest BCUT2D eigenvalue weighted by molar-refractivity contribution is -0.216. The van der Waals surface area contributed by atoms with Crippen LogP contribution in [0.15, 0.2) is 29.0 Å². The maximum atomic E-state index is 5.96. The lowest BCUT2D eigenvalue weighted by Gasteiger charge is -2.38. The molecule has 22 heavy (non-hydrogen) atoms. The smallest absolute Gasteiger partial charge is 0.186 e. The van der Waals surface area contributed by atoms with Crippen LogP contribution in [-0.2, 0) is 16.0 Å². The fraction of sp³-hybridized carbons (Fsp3) is 0.562. The van der Waals surface area contributed by atoms with E-state index in [1.54, 1.807) is 24.7 Å². The molecule has 3 heterocycles. The van der Waals surface area contributed by atoms with E-state index in [1.165, 1.54) is 4.88 Å². The van der Waals surface area contributed by atoms with Crippen LogP contribution < -0.4 is 5.32 Å². The number of nitrogens with zero attached hydrogens (tertiary/aromatic N) is 1. The summed E-state index contributed by atoms with van der Waals surface area (Å²) < 4.78 is 17.1. The number of rotatable bonds is 5. The van der Waals surface area contributed by atoms with Crippen molar-refractivity contribution in [1.29, 1.82) is 0 Å². The highest BCUT2D eigenvalue weighted by Gasteiger charge is 2.59. The second-order valence-electron chi connectivity index (χ2n) is 5.95. The third-order valence-electron chi connectivity index (χ3n) is 4.92. The summed E-state index contributed by atoms with van der Waals surface area (Å²) in [5, 5.41) is 4.64. The molecular weight excluding hydrogens is 300 g/mol. The minimum absolute atomic E-state index is 0.0589. The summed E-state index contributed by atoms with van der Waals surface area (Å²) in [5.74, 6) is 0.382. The van der Waals surface area contributed by atoms with Gasteiger partial charge in [0.2, 0.25) is 0 Å². The molecule has 2 aliphatic rings. The van der Waals surface area contributed by atoms with Gasteiger partial charge in [0.15, 0.2) is 16.6 Å². The van der Waals surface area contributed by atoms with Gasteiger partial charge in [-0.05, 0) is 31.4 Å². The van der Waals surface area contributed by atoms with Crippen molar-refractivity contribution in [2.45, 2.75) is 43.6 Å². The van der Waals surface area contributed by atoms with E-state index in [4.69, 9.17) is 13.9 Å². The Bertz CT molecular complexity index is 628. The average Bonchev–Trinajstić information content (AvgIpc) is 3.27. The fourth-order valence-electron chi connectivity index (χ4n) is 3.80. The standard InChI is InChI=1S/C16H20N2O3S/c1-19-16-6-3-5-15(16,7-9-21-16)18-11-12-10-17-14(22-12)13-4-2-8-20-13/h2,4,8,10,18H,3,5-7,9,11H2,1H3/t15-,16+/m1/s1. The monoisotopic (exact) mass is 320 g/mol. The molecule has 0 bridgehead atoms. The Morgan fingerprint density at radius 3 is 3.18 bits per heavy atom. The number of ether oxygens (including phenoxy) is 2. The maximum absolute atomic E-state index is 5.96. The molecule has 0 aromatic carbocycles. The molecule has 1 aliphatic heterocycles. The quantitative estimate of drug-likeness (QED) is 0.917. The number of methoxy groups -OCH3 is 1. The van der Waals surface area contributed by atoms with Gasteiger partial charge in [-0.3, -0.25) is 0 Å². The van der Waals surface area contributed by atoms with Crippen molar-refractivity contribution in [3.63, 3.8) is 0 Å². The van der Waals surface area contributed by atoms with Crippen molar-refractivity contribution in [2.24, 2.45) is 0 Å². The third kappa shape index (κ3) is 2.13. The first kappa shape index (κ1) is 14.4. The van der Waals surface area contributed by atoms with Crippen LogP contribution in [0.4, 0.5) is 0 Å². The van der Waals surface area contributed by atoms with Crippen molar-refractivity contribution in [2.75, 3.05) is 13.7 Å². The molecule has 2 atom stereocenters. The van der Waals surface area contributed by atoms with Gasteiger partial charge in [0.25, 0.3) is 0 Å². The molecule has 4 rings (SSSR count). The summed E-state index contributed by atoms with van der Waals surface area (Å²) in [7, 11) is 1.76. The van der Waals surface area contributed by atoms with Gasteiger partial charge in [-0.15, -0.1) is 11.3 Å². The summed E-state index contributed by atoms with van der Waals surface area (Å²) in [5.41, 5.74) is -0.0589. The summed E-state index contributed by atoms with van der Waals surface area (Å²) in [6.45, 7) is 1.55. The number of fused-ring (bicyclic) bond motifs is 1. The van der Waals surface area contributed by atoms with E-state index in [0.717, 1.165) is 49.6 Å².